The summed E-state index contributed by atoms with van der Waals surface area (Å²) in [6.45, 7) is 10.9. The van der Waals surface area contributed by atoms with Crippen LogP contribution in [0.3, 0.4) is 0 Å². The molecule has 0 radical (unpaired) electrons. The number of nitrogens with one attached hydrogen (secondary N) is 2. The third kappa shape index (κ3) is 5.69. The first-order valence-electron chi connectivity index (χ1n) is 7.20. The molecule has 2 rings (SSSR count). The van der Waals surface area contributed by atoms with Gasteiger partial charge in [-0.15, -0.1) is 30.6 Å². The molecule has 0 aromatic heterocycles. The number of halogens is 1. The van der Waals surface area contributed by atoms with Crippen LogP contribution in [0.15, 0.2) is 17.6 Å². The minimum absolute atomic E-state index is 0. The predicted molar refractivity (Wildman–Crippen MR) is 92.3 cm³/mol. The van der Waals surface area contributed by atoms with E-state index in [4.69, 9.17) is 0 Å². The fourth-order valence-electron chi connectivity index (χ4n) is 2.51. The maximum atomic E-state index is 4.67. The lowest BCUT2D eigenvalue weighted by molar-refractivity contribution is 0.315. The standard InChI is InChI=1S/C14H26N4.HI/c1-3-8-16-14(15-4-2)17-10-12-7-9-18(11-12)13-5-6-13;/h3,12-13H,1,4-11H2,2H3,(H2,15,16,17);1H. The molecule has 0 amide bonds. The van der Waals surface area contributed by atoms with Crippen molar-refractivity contribution in [1.82, 2.24) is 15.5 Å². The summed E-state index contributed by atoms with van der Waals surface area (Å²) in [5.41, 5.74) is 0. The van der Waals surface area contributed by atoms with Gasteiger partial charge in [-0.2, -0.15) is 0 Å². The molecule has 2 fully saturated rings. The molecule has 1 heterocycles. The molecule has 0 aromatic carbocycles. The fraction of sp³-hybridized carbons (Fsp3) is 0.786. The lowest BCUT2D eigenvalue weighted by atomic mass is 10.1. The second-order valence-corrected chi connectivity index (χ2v) is 5.27. The molecule has 110 valence electrons. The molecule has 1 atom stereocenters. The zero-order valence-electron chi connectivity index (χ0n) is 11.9. The number of hydrogen-bond donors (Lipinski definition) is 2. The van der Waals surface area contributed by atoms with Gasteiger partial charge in [0.05, 0.1) is 0 Å². The zero-order valence-corrected chi connectivity index (χ0v) is 14.2. The van der Waals surface area contributed by atoms with Crippen LogP contribution >= 0.6 is 24.0 Å². The van der Waals surface area contributed by atoms with Gasteiger partial charge in [0.2, 0.25) is 0 Å². The van der Waals surface area contributed by atoms with E-state index in [1.165, 1.54) is 32.4 Å². The van der Waals surface area contributed by atoms with Gasteiger partial charge in [-0.25, -0.2) is 0 Å². The van der Waals surface area contributed by atoms with Crippen molar-refractivity contribution in [3.63, 3.8) is 0 Å². The first-order valence-corrected chi connectivity index (χ1v) is 7.20. The molecule has 0 aromatic rings. The van der Waals surface area contributed by atoms with Gasteiger partial charge in [0.25, 0.3) is 0 Å². The number of aliphatic imine (C=N–C) groups is 1. The molecule has 19 heavy (non-hydrogen) atoms. The van der Waals surface area contributed by atoms with E-state index < -0.39 is 0 Å². The van der Waals surface area contributed by atoms with Crippen LogP contribution in [0.5, 0.6) is 0 Å². The second kappa shape index (κ2) is 8.79. The fourth-order valence-corrected chi connectivity index (χ4v) is 2.51. The maximum absolute atomic E-state index is 4.67. The van der Waals surface area contributed by atoms with Crippen molar-refractivity contribution in [2.24, 2.45) is 10.9 Å². The molecule has 5 heteroatoms. The molecule has 0 spiro atoms. The lowest BCUT2D eigenvalue weighted by Crippen LogP contribution is -2.37. The van der Waals surface area contributed by atoms with Gasteiger partial charge in [-0.1, -0.05) is 6.08 Å². The van der Waals surface area contributed by atoms with Crippen LogP contribution in [0.2, 0.25) is 0 Å². The van der Waals surface area contributed by atoms with E-state index in [1.807, 2.05) is 6.08 Å². The van der Waals surface area contributed by atoms with E-state index in [1.54, 1.807) is 0 Å². The molecule has 1 aliphatic carbocycles. The highest BCUT2D eigenvalue weighted by molar-refractivity contribution is 14.0. The van der Waals surface area contributed by atoms with Crippen molar-refractivity contribution < 1.29 is 0 Å². The highest BCUT2D eigenvalue weighted by Gasteiger charge is 2.34. The monoisotopic (exact) mass is 378 g/mol. The van der Waals surface area contributed by atoms with Crippen LogP contribution in [-0.4, -0.2) is 49.6 Å². The Morgan fingerprint density at radius 1 is 1.37 bits per heavy atom. The lowest BCUT2D eigenvalue weighted by Gasteiger charge is -2.14. The molecule has 1 aliphatic heterocycles. The summed E-state index contributed by atoms with van der Waals surface area (Å²) in [5.74, 6) is 1.66. The summed E-state index contributed by atoms with van der Waals surface area (Å²) in [7, 11) is 0. The van der Waals surface area contributed by atoms with Crippen LogP contribution in [0.25, 0.3) is 0 Å². The van der Waals surface area contributed by atoms with E-state index in [9.17, 15) is 0 Å². The van der Waals surface area contributed by atoms with Crippen LogP contribution < -0.4 is 10.6 Å². The van der Waals surface area contributed by atoms with E-state index in [0.29, 0.717) is 0 Å². The molecule has 2 N–H and O–H groups in total. The smallest absolute Gasteiger partial charge is 0.191 e. The Morgan fingerprint density at radius 2 is 2.16 bits per heavy atom. The van der Waals surface area contributed by atoms with Crippen LogP contribution in [0.1, 0.15) is 26.2 Å². The van der Waals surface area contributed by atoms with E-state index in [0.717, 1.165) is 37.6 Å². The van der Waals surface area contributed by atoms with Gasteiger partial charge >= 0.3 is 0 Å². The van der Waals surface area contributed by atoms with Gasteiger partial charge in [0.1, 0.15) is 0 Å². The number of rotatable bonds is 6. The first kappa shape index (κ1) is 16.8. The maximum Gasteiger partial charge on any atom is 0.191 e. The molecule has 1 saturated heterocycles. The van der Waals surface area contributed by atoms with Gasteiger partial charge < -0.3 is 15.5 Å². The molecule has 4 nitrogen and oxygen atoms in total. The number of likely N-dealkylation sites (tertiary alicyclic amines) is 1. The molecule has 1 unspecified atom stereocenters. The highest BCUT2D eigenvalue weighted by Crippen LogP contribution is 2.31. The van der Waals surface area contributed by atoms with Crippen LogP contribution in [-0.2, 0) is 0 Å². The van der Waals surface area contributed by atoms with Gasteiger partial charge in [0.15, 0.2) is 5.96 Å². The Balaban J connectivity index is 0.00000180. The minimum atomic E-state index is 0. The molecule has 1 saturated carbocycles. The Hall–Kier alpha value is -0.300. The topological polar surface area (TPSA) is 39.7 Å². The van der Waals surface area contributed by atoms with Gasteiger partial charge in [-0.3, -0.25) is 4.99 Å². The summed E-state index contributed by atoms with van der Waals surface area (Å²) < 4.78 is 0. The van der Waals surface area contributed by atoms with E-state index in [-0.39, 0.29) is 24.0 Å². The average molecular weight is 378 g/mol. The SMILES string of the molecule is C=CCNC(=NCC1CCN(C2CC2)C1)NCC.I. The third-order valence-electron chi connectivity index (χ3n) is 3.65. The first-order chi connectivity index (χ1) is 8.83. The average Bonchev–Trinajstić information content (AvgIpc) is 3.12. The third-order valence-corrected chi connectivity index (χ3v) is 3.65. The predicted octanol–water partition coefficient (Wildman–Crippen LogP) is 1.83. The highest BCUT2D eigenvalue weighted by atomic mass is 127. The van der Waals surface area contributed by atoms with Crippen molar-refractivity contribution in [2.45, 2.75) is 32.2 Å². The quantitative estimate of drug-likeness (QED) is 0.321. The summed E-state index contributed by atoms with van der Waals surface area (Å²) in [6, 6.07) is 0.908. The normalized spacial score (nSPS) is 23.8. The van der Waals surface area contributed by atoms with Crippen molar-refractivity contribution in [3.05, 3.63) is 12.7 Å². The Kier molecular flexibility index (Phi) is 7.75. The Bertz CT molecular complexity index is 302. The van der Waals surface area contributed by atoms with Crippen molar-refractivity contribution in [3.8, 4) is 0 Å². The summed E-state index contributed by atoms with van der Waals surface area (Å²) >= 11 is 0. The second-order valence-electron chi connectivity index (χ2n) is 5.27. The van der Waals surface area contributed by atoms with Crippen molar-refractivity contribution in [1.29, 1.82) is 0 Å². The molecular weight excluding hydrogens is 351 g/mol. The van der Waals surface area contributed by atoms with Crippen LogP contribution in [0, 0.1) is 5.92 Å². The number of nitrogens with zero attached hydrogens (tertiary/aromatic N) is 2. The molecule has 2 aliphatic rings. The molecule has 0 bridgehead atoms. The number of hydrogen-bond acceptors (Lipinski definition) is 2. The largest absolute Gasteiger partial charge is 0.357 e. The Labute approximate surface area is 134 Å². The van der Waals surface area contributed by atoms with Gasteiger partial charge in [0, 0.05) is 32.2 Å². The summed E-state index contributed by atoms with van der Waals surface area (Å²) in [4.78, 5) is 7.31. The summed E-state index contributed by atoms with van der Waals surface area (Å²) in [6.07, 6.45) is 6.00. The molecular formula is C14H27IN4. The van der Waals surface area contributed by atoms with Gasteiger partial charge in [-0.05, 0) is 38.6 Å². The van der Waals surface area contributed by atoms with E-state index >= 15 is 0 Å². The number of guanidine groups is 1. The zero-order chi connectivity index (χ0) is 12.8. The van der Waals surface area contributed by atoms with Crippen molar-refractivity contribution in [2.75, 3.05) is 32.7 Å². The van der Waals surface area contributed by atoms with E-state index in [2.05, 4.69) is 34.0 Å². The van der Waals surface area contributed by atoms with Crippen molar-refractivity contribution >= 4 is 29.9 Å². The minimum Gasteiger partial charge on any atom is -0.357 e. The summed E-state index contributed by atoms with van der Waals surface area (Å²) in [5, 5.41) is 6.51. The van der Waals surface area contributed by atoms with Crippen LogP contribution in [0.4, 0.5) is 0 Å². The Morgan fingerprint density at radius 3 is 2.79 bits per heavy atom.